The molecule has 1 saturated heterocycles. The van der Waals surface area contributed by atoms with Crippen LogP contribution in [0.1, 0.15) is 18.4 Å². The van der Waals surface area contributed by atoms with Crippen LogP contribution in [0.5, 0.6) is 11.5 Å². The van der Waals surface area contributed by atoms with Gasteiger partial charge in [-0.1, -0.05) is 6.07 Å². The van der Waals surface area contributed by atoms with Crippen LogP contribution < -0.4 is 9.47 Å². The van der Waals surface area contributed by atoms with Crippen molar-refractivity contribution < 1.29 is 24.2 Å². The van der Waals surface area contributed by atoms with E-state index < -0.39 is 11.9 Å². The van der Waals surface area contributed by atoms with Crippen molar-refractivity contribution in [1.82, 2.24) is 4.90 Å². The summed E-state index contributed by atoms with van der Waals surface area (Å²) in [4.78, 5) is 24.7. The summed E-state index contributed by atoms with van der Waals surface area (Å²) in [7, 11) is 3.15. The molecule has 0 bridgehead atoms. The summed E-state index contributed by atoms with van der Waals surface area (Å²) in [6, 6.07) is 5.57. The first kappa shape index (κ1) is 16.1. The molecule has 1 N–H and O–H groups in total. The molecule has 0 aliphatic carbocycles. The van der Waals surface area contributed by atoms with Crippen LogP contribution in [0.3, 0.4) is 0 Å². The van der Waals surface area contributed by atoms with E-state index >= 15 is 0 Å². The molecular formula is C16H21NO5. The highest BCUT2D eigenvalue weighted by Crippen LogP contribution is 2.28. The second kappa shape index (κ2) is 7.15. The van der Waals surface area contributed by atoms with Gasteiger partial charge in [-0.05, 0) is 30.5 Å². The van der Waals surface area contributed by atoms with Crippen molar-refractivity contribution >= 4 is 11.9 Å². The molecular weight excluding hydrogens is 286 g/mol. The van der Waals surface area contributed by atoms with Crippen LogP contribution in [-0.4, -0.2) is 49.2 Å². The normalized spacial score (nSPS) is 17.4. The van der Waals surface area contributed by atoms with Crippen LogP contribution in [0, 0.1) is 5.92 Å². The fourth-order valence-electron chi connectivity index (χ4n) is 2.63. The topological polar surface area (TPSA) is 76.1 Å². The van der Waals surface area contributed by atoms with Crippen LogP contribution >= 0.6 is 0 Å². The van der Waals surface area contributed by atoms with Gasteiger partial charge >= 0.3 is 5.97 Å². The minimum atomic E-state index is -0.824. The summed E-state index contributed by atoms with van der Waals surface area (Å²) in [6.45, 7) is 0.849. The summed E-state index contributed by atoms with van der Waals surface area (Å²) < 4.78 is 10.4. The molecule has 1 aromatic rings. The first-order valence-corrected chi connectivity index (χ1v) is 7.26. The Hall–Kier alpha value is -2.24. The third-order valence-electron chi connectivity index (χ3n) is 3.97. The Balaban J connectivity index is 1.90. The Kier molecular flexibility index (Phi) is 5.25. The van der Waals surface area contributed by atoms with Gasteiger partial charge < -0.3 is 19.5 Å². The molecule has 1 aliphatic rings. The van der Waals surface area contributed by atoms with Crippen LogP contribution in [0.15, 0.2) is 18.2 Å². The minimum Gasteiger partial charge on any atom is -0.493 e. The number of carbonyl (C=O) groups excluding carboxylic acids is 1. The summed E-state index contributed by atoms with van der Waals surface area (Å²) in [6.07, 6.45) is 1.49. The van der Waals surface area contributed by atoms with Gasteiger partial charge in [-0.15, -0.1) is 0 Å². The largest absolute Gasteiger partial charge is 0.493 e. The molecule has 0 unspecified atom stereocenters. The van der Waals surface area contributed by atoms with Gasteiger partial charge in [0, 0.05) is 19.5 Å². The third-order valence-corrected chi connectivity index (χ3v) is 3.97. The Labute approximate surface area is 129 Å². The number of hydrogen-bond acceptors (Lipinski definition) is 4. The molecule has 1 atom stereocenters. The number of carboxylic acids is 1. The van der Waals surface area contributed by atoms with Crippen molar-refractivity contribution in [3.8, 4) is 11.5 Å². The average molecular weight is 307 g/mol. The van der Waals surface area contributed by atoms with Gasteiger partial charge in [0.15, 0.2) is 11.5 Å². The molecule has 1 aliphatic heterocycles. The monoisotopic (exact) mass is 307 g/mol. The molecule has 6 heteroatoms. The molecule has 1 heterocycles. The first-order chi connectivity index (χ1) is 10.5. The van der Waals surface area contributed by atoms with Crippen LogP contribution in [-0.2, 0) is 16.0 Å². The van der Waals surface area contributed by atoms with E-state index in [2.05, 4.69) is 0 Å². The lowest BCUT2D eigenvalue weighted by atomic mass is 10.1. The zero-order chi connectivity index (χ0) is 16.1. The molecule has 1 aromatic carbocycles. The van der Waals surface area contributed by atoms with E-state index in [1.54, 1.807) is 19.1 Å². The molecule has 22 heavy (non-hydrogen) atoms. The first-order valence-electron chi connectivity index (χ1n) is 7.26. The number of likely N-dealkylation sites (tertiary alicyclic amines) is 1. The van der Waals surface area contributed by atoms with Gasteiger partial charge in [-0.3, -0.25) is 9.59 Å². The van der Waals surface area contributed by atoms with Gasteiger partial charge in [0.05, 0.1) is 20.1 Å². The zero-order valence-corrected chi connectivity index (χ0v) is 12.9. The maximum absolute atomic E-state index is 12.1. The van der Waals surface area contributed by atoms with Crippen molar-refractivity contribution in [2.75, 3.05) is 27.3 Å². The molecule has 0 radical (unpaired) electrons. The number of carboxylic acid groups (broad SMARTS) is 1. The Morgan fingerprint density at radius 2 is 2.00 bits per heavy atom. The fourth-order valence-corrected chi connectivity index (χ4v) is 2.63. The number of amides is 1. The summed E-state index contributed by atoms with van der Waals surface area (Å²) in [5.41, 5.74) is 0.986. The van der Waals surface area contributed by atoms with Crippen LogP contribution in [0.2, 0.25) is 0 Å². The van der Waals surface area contributed by atoms with Crippen molar-refractivity contribution in [2.24, 2.45) is 5.92 Å². The van der Waals surface area contributed by atoms with Gasteiger partial charge in [0.25, 0.3) is 0 Å². The van der Waals surface area contributed by atoms with Gasteiger partial charge in [-0.25, -0.2) is 0 Å². The molecule has 1 amide bonds. The number of hydrogen-bond donors (Lipinski definition) is 1. The molecule has 2 rings (SSSR count). The van der Waals surface area contributed by atoms with Crippen LogP contribution in [0.25, 0.3) is 0 Å². The molecule has 6 nitrogen and oxygen atoms in total. The summed E-state index contributed by atoms with van der Waals surface area (Å²) in [5.74, 6) is 0.0414. The van der Waals surface area contributed by atoms with E-state index in [-0.39, 0.29) is 5.91 Å². The number of ether oxygens (including phenoxy) is 2. The lowest BCUT2D eigenvalue weighted by Crippen LogP contribution is -2.30. The van der Waals surface area contributed by atoms with E-state index in [1.165, 1.54) is 0 Å². The van der Waals surface area contributed by atoms with Crippen molar-refractivity contribution in [3.05, 3.63) is 23.8 Å². The Morgan fingerprint density at radius 3 is 2.59 bits per heavy atom. The highest BCUT2D eigenvalue weighted by Gasteiger charge is 2.30. The quantitative estimate of drug-likeness (QED) is 0.863. The van der Waals surface area contributed by atoms with Gasteiger partial charge in [0.2, 0.25) is 5.91 Å². The molecule has 1 fully saturated rings. The van der Waals surface area contributed by atoms with Gasteiger partial charge in [0.1, 0.15) is 0 Å². The standard InChI is InChI=1S/C16H21NO5/c1-21-13-5-3-11(9-14(13)22-2)4-6-15(18)17-8-7-12(10-17)16(19)20/h3,5,9,12H,4,6-8,10H2,1-2H3,(H,19,20)/t12-/m0/s1. The summed E-state index contributed by atoms with van der Waals surface area (Å²) >= 11 is 0. The third kappa shape index (κ3) is 3.69. The smallest absolute Gasteiger partial charge is 0.308 e. The van der Waals surface area contributed by atoms with Crippen molar-refractivity contribution in [1.29, 1.82) is 0 Å². The average Bonchev–Trinajstić information content (AvgIpc) is 3.02. The van der Waals surface area contributed by atoms with Crippen molar-refractivity contribution in [2.45, 2.75) is 19.3 Å². The molecule has 0 spiro atoms. The SMILES string of the molecule is COc1ccc(CCC(=O)N2CC[C@H](C(=O)O)C2)cc1OC. The maximum atomic E-state index is 12.1. The summed E-state index contributed by atoms with van der Waals surface area (Å²) in [5, 5.41) is 8.96. The number of nitrogens with zero attached hydrogens (tertiary/aromatic N) is 1. The van der Waals surface area contributed by atoms with E-state index in [0.717, 1.165) is 5.56 Å². The predicted molar refractivity (Wildman–Crippen MR) is 80.2 cm³/mol. The molecule has 0 saturated carbocycles. The number of rotatable bonds is 6. The highest BCUT2D eigenvalue weighted by atomic mass is 16.5. The number of benzene rings is 1. The van der Waals surface area contributed by atoms with Gasteiger partial charge in [-0.2, -0.15) is 0 Å². The zero-order valence-electron chi connectivity index (χ0n) is 12.9. The number of methoxy groups -OCH3 is 2. The van der Waals surface area contributed by atoms with E-state index in [4.69, 9.17) is 14.6 Å². The lowest BCUT2D eigenvalue weighted by molar-refractivity contribution is -0.141. The van der Waals surface area contributed by atoms with E-state index in [1.807, 2.05) is 18.2 Å². The number of aliphatic carboxylic acids is 1. The van der Waals surface area contributed by atoms with Crippen LogP contribution in [0.4, 0.5) is 0 Å². The predicted octanol–water partition coefficient (Wildman–Crippen LogP) is 1.57. The van der Waals surface area contributed by atoms with Crippen molar-refractivity contribution in [3.63, 3.8) is 0 Å². The minimum absolute atomic E-state index is 0.00136. The Morgan fingerprint density at radius 1 is 1.27 bits per heavy atom. The molecule has 120 valence electrons. The fraction of sp³-hybridized carbons (Fsp3) is 0.500. The number of carbonyl (C=O) groups is 2. The highest BCUT2D eigenvalue weighted by molar-refractivity contribution is 5.79. The van der Waals surface area contributed by atoms with E-state index in [9.17, 15) is 9.59 Å². The second-order valence-electron chi connectivity index (χ2n) is 5.35. The lowest BCUT2D eigenvalue weighted by Gasteiger charge is -2.16. The number of aryl methyl sites for hydroxylation is 1. The van der Waals surface area contributed by atoms with E-state index in [0.29, 0.717) is 43.9 Å². The molecule has 0 aromatic heterocycles. The second-order valence-corrected chi connectivity index (χ2v) is 5.35. The Bertz CT molecular complexity index is 557. The maximum Gasteiger partial charge on any atom is 0.308 e.